The molecular formula is C11H21NO. The number of hydrogen-bond acceptors (Lipinski definition) is 2. The third kappa shape index (κ3) is 1.89. The van der Waals surface area contributed by atoms with Crippen LogP contribution in [0, 0.1) is 11.8 Å². The summed E-state index contributed by atoms with van der Waals surface area (Å²) in [6.45, 7) is 0.455. The molecule has 2 fully saturated rings. The topological polar surface area (TPSA) is 46.2 Å². The molecule has 76 valence electrons. The van der Waals surface area contributed by atoms with Crippen LogP contribution < -0.4 is 5.73 Å². The van der Waals surface area contributed by atoms with E-state index in [9.17, 15) is 5.11 Å². The standard InChI is InChI=1S/C11H21NO/c12-8-11(13)6-5-9-3-1-2-4-10(9)7-11/h9-10,13H,1-8,12H2/t9?,10?,11-/m1/s1. The summed E-state index contributed by atoms with van der Waals surface area (Å²) in [6.07, 6.45) is 8.60. The molecule has 0 radical (unpaired) electrons. The van der Waals surface area contributed by atoms with E-state index < -0.39 is 5.60 Å². The van der Waals surface area contributed by atoms with E-state index in [1.54, 1.807) is 0 Å². The van der Waals surface area contributed by atoms with Crippen LogP contribution in [0.2, 0.25) is 0 Å². The molecule has 0 heterocycles. The van der Waals surface area contributed by atoms with Gasteiger partial charge in [0.05, 0.1) is 5.60 Å². The van der Waals surface area contributed by atoms with Gasteiger partial charge in [0, 0.05) is 6.54 Å². The quantitative estimate of drug-likeness (QED) is 0.649. The van der Waals surface area contributed by atoms with Crippen LogP contribution in [0.3, 0.4) is 0 Å². The third-order valence-corrected chi connectivity index (χ3v) is 4.07. The summed E-state index contributed by atoms with van der Waals surface area (Å²) >= 11 is 0. The minimum Gasteiger partial charge on any atom is -0.389 e. The summed E-state index contributed by atoms with van der Waals surface area (Å²) in [4.78, 5) is 0. The minimum absolute atomic E-state index is 0.455. The predicted octanol–water partition coefficient (Wildman–Crippen LogP) is 1.67. The molecule has 3 atom stereocenters. The average molecular weight is 183 g/mol. The van der Waals surface area contributed by atoms with E-state index in [-0.39, 0.29) is 0 Å². The first kappa shape index (κ1) is 9.47. The van der Waals surface area contributed by atoms with Gasteiger partial charge in [-0.2, -0.15) is 0 Å². The maximum absolute atomic E-state index is 10.1. The van der Waals surface area contributed by atoms with Crippen LogP contribution in [-0.2, 0) is 0 Å². The van der Waals surface area contributed by atoms with Crippen LogP contribution in [0.4, 0.5) is 0 Å². The first-order valence-corrected chi connectivity index (χ1v) is 5.66. The van der Waals surface area contributed by atoms with Gasteiger partial charge in [-0.1, -0.05) is 25.7 Å². The lowest BCUT2D eigenvalue weighted by Crippen LogP contribution is -2.45. The summed E-state index contributed by atoms with van der Waals surface area (Å²) in [5, 5.41) is 10.1. The van der Waals surface area contributed by atoms with Gasteiger partial charge >= 0.3 is 0 Å². The summed E-state index contributed by atoms with van der Waals surface area (Å²) in [6, 6.07) is 0. The van der Waals surface area contributed by atoms with E-state index in [0.29, 0.717) is 6.54 Å². The van der Waals surface area contributed by atoms with Gasteiger partial charge in [-0.15, -0.1) is 0 Å². The van der Waals surface area contributed by atoms with Crippen molar-refractivity contribution in [2.24, 2.45) is 17.6 Å². The Bertz CT molecular complexity index is 183. The van der Waals surface area contributed by atoms with Crippen molar-refractivity contribution in [2.45, 2.75) is 50.5 Å². The van der Waals surface area contributed by atoms with Crippen LogP contribution in [0.25, 0.3) is 0 Å². The van der Waals surface area contributed by atoms with Crippen LogP contribution >= 0.6 is 0 Å². The molecule has 0 spiro atoms. The fourth-order valence-electron chi connectivity index (χ4n) is 3.16. The SMILES string of the molecule is NC[C@@]1(O)CCC2CCCCC2C1. The molecule has 2 saturated carbocycles. The zero-order valence-corrected chi connectivity index (χ0v) is 8.34. The van der Waals surface area contributed by atoms with Gasteiger partial charge in [-0.3, -0.25) is 0 Å². The Hall–Kier alpha value is -0.0800. The van der Waals surface area contributed by atoms with Gasteiger partial charge < -0.3 is 10.8 Å². The highest BCUT2D eigenvalue weighted by Crippen LogP contribution is 2.43. The van der Waals surface area contributed by atoms with Crippen molar-refractivity contribution < 1.29 is 5.11 Å². The van der Waals surface area contributed by atoms with E-state index in [2.05, 4.69) is 0 Å². The van der Waals surface area contributed by atoms with Crippen molar-refractivity contribution in [2.75, 3.05) is 6.54 Å². The van der Waals surface area contributed by atoms with Gasteiger partial charge in [-0.05, 0) is 31.1 Å². The summed E-state index contributed by atoms with van der Waals surface area (Å²) in [5.74, 6) is 1.68. The lowest BCUT2D eigenvalue weighted by Gasteiger charge is -2.43. The fraction of sp³-hybridized carbons (Fsp3) is 1.00. The normalized spacial score (nSPS) is 45.7. The molecule has 0 bridgehead atoms. The Morgan fingerprint density at radius 3 is 2.54 bits per heavy atom. The molecule has 13 heavy (non-hydrogen) atoms. The van der Waals surface area contributed by atoms with Gasteiger partial charge in [0.25, 0.3) is 0 Å². The smallest absolute Gasteiger partial charge is 0.0772 e. The van der Waals surface area contributed by atoms with Gasteiger partial charge in [0.15, 0.2) is 0 Å². The lowest BCUT2D eigenvalue weighted by atomic mass is 9.66. The predicted molar refractivity (Wildman–Crippen MR) is 53.3 cm³/mol. The molecule has 0 aromatic heterocycles. The number of nitrogens with two attached hydrogens (primary N) is 1. The van der Waals surface area contributed by atoms with Crippen molar-refractivity contribution in [3.63, 3.8) is 0 Å². The van der Waals surface area contributed by atoms with Crippen LogP contribution in [0.1, 0.15) is 44.9 Å². The number of fused-ring (bicyclic) bond motifs is 1. The molecule has 0 aliphatic heterocycles. The number of hydrogen-bond donors (Lipinski definition) is 2. The van der Waals surface area contributed by atoms with E-state index in [1.807, 2.05) is 0 Å². The monoisotopic (exact) mass is 183 g/mol. The Morgan fingerprint density at radius 2 is 1.85 bits per heavy atom. The number of rotatable bonds is 1. The molecule has 0 aromatic rings. The molecule has 3 N–H and O–H groups in total. The van der Waals surface area contributed by atoms with Crippen molar-refractivity contribution in [1.29, 1.82) is 0 Å². The molecule has 2 rings (SSSR count). The Labute approximate surface area is 80.5 Å². The second-order valence-electron chi connectivity index (χ2n) is 4.98. The van der Waals surface area contributed by atoms with E-state index in [4.69, 9.17) is 5.73 Å². The second-order valence-corrected chi connectivity index (χ2v) is 4.98. The highest BCUT2D eigenvalue weighted by atomic mass is 16.3. The van der Waals surface area contributed by atoms with E-state index in [0.717, 1.165) is 24.7 Å². The highest BCUT2D eigenvalue weighted by Gasteiger charge is 2.39. The van der Waals surface area contributed by atoms with Crippen molar-refractivity contribution >= 4 is 0 Å². The lowest BCUT2D eigenvalue weighted by molar-refractivity contribution is -0.0378. The molecule has 2 unspecified atom stereocenters. The molecule has 0 aromatic carbocycles. The second kappa shape index (κ2) is 3.58. The van der Waals surface area contributed by atoms with Crippen LogP contribution in [0.15, 0.2) is 0 Å². The third-order valence-electron chi connectivity index (χ3n) is 4.07. The van der Waals surface area contributed by atoms with Crippen molar-refractivity contribution in [1.82, 2.24) is 0 Å². The Kier molecular flexibility index (Phi) is 2.61. The molecule has 2 nitrogen and oxygen atoms in total. The summed E-state index contributed by atoms with van der Waals surface area (Å²) in [7, 11) is 0. The highest BCUT2D eigenvalue weighted by molar-refractivity contribution is 4.92. The summed E-state index contributed by atoms with van der Waals surface area (Å²) in [5.41, 5.74) is 5.09. The Morgan fingerprint density at radius 1 is 1.15 bits per heavy atom. The number of aliphatic hydroxyl groups is 1. The summed E-state index contributed by atoms with van der Waals surface area (Å²) < 4.78 is 0. The van der Waals surface area contributed by atoms with Gasteiger partial charge in [0.1, 0.15) is 0 Å². The molecule has 2 aliphatic carbocycles. The fourth-order valence-corrected chi connectivity index (χ4v) is 3.16. The van der Waals surface area contributed by atoms with E-state index >= 15 is 0 Å². The maximum atomic E-state index is 10.1. The average Bonchev–Trinajstić information content (AvgIpc) is 2.18. The Balaban J connectivity index is 1.98. The molecule has 2 aliphatic rings. The van der Waals surface area contributed by atoms with Crippen LogP contribution in [-0.4, -0.2) is 17.3 Å². The molecular weight excluding hydrogens is 162 g/mol. The molecule has 2 heteroatoms. The van der Waals surface area contributed by atoms with Gasteiger partial charge in [0.2, 0.25) is 0 Å². The maximum Gasteiger partial charge on any atom is 0.0772 e. The van der Waals surface area contributed by atoms with Crippen LogP contribution in [0.5, 0.6) is 0 Å². The van der Waals surface area contributed by atoms with E-state index in [1.165, 1.54) is 32.1 Å². The minimum atomic E-state index is -0.515. The molecule has 0 amide bonds. The first-order chi connectivity index (χ1) is 6.23. The van der Waals surface area contributed by atoms with Gasteiger partial charge in [-0.25, -0.2) is 0 Å². The molecule has 0 saturated heterocycles. The van der Waals surface area contributed by atoms with Crippen molar-refractivity contribution in [3.8, 4) is 0 Å². The zero-order valence-electron chi connectivity index (χ0n) is 8.34. The largest absolute Gasteiger partial charge is 0.389 e. The zero-order chi connectivity index (χ0) is 9.31. The first-order valence-electron chi connectivity index (χ1n) is 5.66. The van der Waals surface area contributed by atoms with Crippen molar-refractivity contribution in [3.05, 3.63) is 0 Å².